The van der Waals surface area contributed by atoms with E-state index in [1.165, 1.54) is 0 Å². The second kappa shape index (κ2) is 8.08. The lowest BCUT2D eigenvalue weighted by molar-refractivity contribution is 0.0212. The second-order valence-corrected chi connectivity index (χ2v) is 6.82. The van der Waals surface area contributed by atoms with E-state index in [-0.39, 0.29) is 12.1 Å². The summed E-state index contributed by atoms with van der Waals surface area (Å²) in [4.78, 5) is 0. The quantitative estimate of drug-likeness (QED) is 0.706. The molecule has 0 bridgehead atoms. The molecule has 2 atom stereocenters. The number of hydrogen-bond donors (Lipinski definition) is 1. The first-order valence-electron chi connectivity index (χ1n) is 6.97. The van der Waals surface area contributed by atoms with Crippen molar-refractivity contribution in [3.05, 3.63) is 68.6 Å². The summed E-state index contributed by atoms with van der Waals surface area (Å²) in [5, 5.41) is 0. The fourth-order valence-corrected chi connectivity index (χ4v) is 2.81. The molecule has 0 saturated heterocycles. The molecule has 0 amide bonds. The Labute approximate surface area is 143 Å². The Morgan fingerprint density at radius 1 is 1.05 bits per heavy atom. The maximum Gasteiger partial charge on any atom is 0.0980 e. The Balaban J connectivity index is 2.11. The van der Waals surface area contributed by atoms with Crippen LogP contribution in [0.5, 0.6) is 0 Å². The average molecular weight is 413 g/mol. The molecule has 2 rings (SSSR count). The lowest BCUT2D eigenvalue weighted by Crippen LogP contribution is -2.29. The van der Waals surface area contributed by atoms with E-state index in [0.29, 0.717) is 6.61 Å². The normalized spacial score (nSPS) is 13.9. The highest BCUT2D eigenvalue weighted by molar-refractivity contribution is 9.10. The molecule has 112 valence electrons. The highest BCUT2D eigenvalue weighted by atomic mass is 79.9. The van der Waals surface area contributed by atoms with Crippen LogP contribution >= 0.6 is 31.9 Å². The Morgan fingerprint density at radius 2 is 1.76 bits per heavy atom. The first-order valence-corrected chi connectivity index (χ1v) is 8.56. The van der Waals surface area contributed by atoms with E-state index < -0.39 is 0 Å². The topological polar surface area (TPSA) is 35.2 Å². The van der Waals surface area contributed by atoms with Crippen molar-refractivity contribution in [2.75, 3.05) is 0 Å². The lowest BCUT2D eigenvalue weighted by Gasteiger charge is -2.24. The van der Waals surface area contributed by atoms with Crippen molar-refractivity contribution in [2.45, 2.75) is 32.1 Å². The van der Waals surface area contributed by atoms with Crippen molar-refractivity contribution in [3.63, 3.8) is 0 Å². The zero-order chi connectivity index (χ0) is 15.2. The Hall–Kier alpha value is -0.680. The summed E-state index contributed by atoms with van der Waals surface area (Å²) < 4.78 is 8.21. The van der Waals surface area contributed by atoms with Crippen LogP contribution in [0.25, 0.3) is 0 Å². The Kier molecular flexibility index (Phi) is 6.42. The van der Waals surface area contributed by atoms with Gasteiger partial charge in [-0.25, -0.2) is 0 Å². The van der Waals surface area contributed by atoms with E-state index in [1.807, 2.05) is 24.3 Å². The van der Waals surface area contributed by atoms with Crippen LogP contribution in [0.2, 0.25) is 0 Å². The predicted molar refractivity (Wildman–Crippen MR) is 94.1 cm³/mol. The number of nitrogens with two attached hydrogens (primary N) is 1. The van der Waals surface area contributed by atoms with Gasteiger partial charge in [-0.2, -0.15) is 0 Å². The summed E-state index contributed by atoms with van der Waals surface area (Å²) in [6.45, 7) is 2.64. The molecular weight excluding hydrogens is 394 g/mol. The molecule has 0 aliphatic carbocycles. The van der Waals surface area contributed by atoms with Crippen molar-refractivity contribution in [1.82, 2.24) is 0 Å². The minimum Gasteiger partial charge on any atom is -0.367 e. The summed E-state index contributed by atoms with van der Waals surface area (Å²) in [6.07, 6.45) is 0.772. The van der Waals surface area contributed by atoms with E-state index in [1.54, 1.807) is 0 Å². The second-order valence-electron chi connectivity index (χ2n) is 4.99. The molecule has 4 heteroatoms. The monoisotopic (exact) mass is 411 g/mol. The first kappa shape index (κ1) is 16.7. The maximum atomic E-state index is 6.24. The Bertz CT molecular complexity index is 571. The molecule has 2 N–H and O–H groups in total. The van der Waals surface area contributed by atoms with Gasteiger partial charge in [-0.15, -0.1) is 0 Å². The van der Waals surface area contributed by atoms with Crippen molar-refractivity contribution >= 4 is 31.9 Å². The summed E-state index contributed by atoms with van der Waals surface area (Å²) in [5.74, 6) is 0. The smallest absolute Gasteiger partial charge is 0.0980 e. The molecule has 0 aliphatic heterocycles. The summed E-state index contributed by atoms with van der Waals surface area (Å²) in [7, 11) is 0. The van der Waals surface area contributed by atoms with Gasteiger partial charge in [-0.05, 0) is 41.8 Å². The molecule has 2 unspecified atom stereocenters. The predicted octanol–water partition coefficient (Wildman–Crippen LogP) is 5.21. The minimum atomic E-state index is -0.101. The number of hydrogen-bond acceptors (Lipinski definition) is 2. The standard InChI is InChI=1S/C17H19Br2NO/c1-2-16(20)17(13-4-3-5-15(19)10-13)21-11-12-6-8-14(18)9-7-12/h3-10,16-17H,2,11,20H2,1H3. The number of ether oxygens (including phenoxy) is 1. The van der Waals surface area contributed by atoms with Gasteiger partial charge in [-0.3, -0.25) is 0 Å². The molecule has 0 saturated carbocycles. The largest absolute Gasteiger partial charge is 0.367 e. The van der Waals surface area contributed by atoms with Gasteiger partial charge < -0.3 is 10.5 Å². The van der Waals surface area contributed by atoms with E-state index in [9.17, 15) is 0 Å². The third-order valence-corrected chi connectivity index (χ3v) is 4.40. The zero-order valence-corrected chi connectivity index (χ0v) is 15.1. The van der Waals surface area contributed by atoms with Crippen molar-refractivity contribution < 1.29 is 4.74 Å². The van der Waals surface area contributed by atoms with Gasteiger partial charge in [-0.1, -0.05) is 63.0 Å². The summed E-state index contributed by atoms with van der Waals surface area (Å²) in [6, 6.07) is 16.3. The zero-order valence-electron chi connectivity index (χ0n) is 11.9. The first-order chi connectivity index (χ1) is 10.1. The van der Waals surface area contributed by atoms with Gasteiger partial charge in [0.25, 0.3) is 0 Å². The van der Waals surface area contributed by atoms with Crippen LogP contribution in [0.4, 0.5) is 0 Å². The van der Waals surface area contributed by atoms with Gasteiger partial charge in [0.1, 0.15) is 0 Å². The SMILES string of the molecule is CCC(N)C(OCc1ccc(Br)cc1)c1cccc(Br)c1. The lowest BCUT2D eigenvalue weighted by atomic mass is 10.0. The molecule has 2 aromatic rings. The minimum absolute atomic E-state index is 0.0188. The van der Waals surface area contributed by atoms with E-state index >= 15 is 0 Å². The van der Waals surface area contributed by atoms with Crippen LogP contribution in [0, 0.1) is 0 Å². The Morgan fingerprint density at radius 3 is 2.38 bits per heavy atom. The molecule has 2 aromatic carbocycles. The summed E-state index contributed by atoms with van der Waals surface area (Å²) in [5.41, 5.74) is 8.49. The molecule has 0 aromatic heterocycles. The van der Waals surface area contributed by atoms with Crippen LogP contribution in [0.1, 0.15) is 30.6 Å². The van der Waals surface area contributed by atoms with Crippen LogP contribution in [0.15, 0.2) is 57.5 Å². The van der Waals surface area contributed by atoms with Crippen LogP contribution in [-0.2, 0) is 11.3 Å². The molecule has 0 radical (unpaired) electrons. The van der Waals surface area contributed by atoms with Gasteiger partial charge in [0.15, 0.2) is 0 Å². The molecule has 2 nitrogen and oxygen atoms in total. The fraction of sp³-hybridized carbons (Fsp3) is 0.294. The molecule has 0 aliphatic rings. The van der Waals surface area contributed by atoms with Gasteiger partial charge in [0, 0.05) is 15.0 Å². The summed E-state index contributed by atoms with van der Waals surface area (Å²) >= 11 is 6.94. The maximum absolute atomic E-state index is 6.24. The van der Waals surface area contributed by atoms with Gasteiger partial charge >= 0.3 is 0 Å². The van der Waals surface area contributed by atoms with Crippen LogP contribution in [0.3, 0.4) is 0 Å². The van der Waals surface area contributed by atoms with Crippen molar-refractivity contribution in [3.8, 4) is 0 Å². The van der Waals surface area contributed by atoms with E-state index in [0.717, 1.165) is 26.5 Å². The van der Waals surface area contributed by atoms with Crippen molar-refractivity contribution in [1.29, 1.82) is 0 Å². The molecule has 21 heavy (non-hydrogen) atoms. The third-order valence-electron chi connectivity index (χ3n) is 3.38. The third kappa shape index (κ3) is 4.92. The van der Waals surface area contributed by atoms with E-state index in [4.69, 9.17) is 10.5 Å². The van der Waals surface area contributed by atoms with E-state index in [2.05, 4.69) is 63.0 Å². The highest BCUT2D eigenvalue weighted by Gasteiger charge is 2.19. The molecule has 0 fully saturated rings. The fourth-order valence-electron chi connectivity index (χ4n) is 2.13. The number of benzene rings is 2. The molecule has 0 spiro atoms. The number of halogens is 2. The van der Waals surface area contributed by atoms with Gasteiger partial charge in [0.2, 0.25) is 0 Å². The molecule has 0 heterocycles. The van der Waals surface area contributed by atoms with Crippen LogP contribution in [-0.4, -0.2) is 6.04 Å². The average Bonchev–Trinajstić information content (AvgIpc) is 2.49. The molecular formula is C17H19Br2NO. The van der Waals surface area contributed by atoms with Crippen LogP contribution < -0.4 is 5.73 Å². The number of rotatable bonds is 6. The van der Waals surface area contributed by atoms with Crippen molar-refractivity contribution in [2.24, 2.45) is 5.73 Å². The van der Waals surface area contributed by atoms with Gasteiger partial charge in [0.05, 0.1) is 12.7 Å². The highest BCUT2D eigenvalue weighted by Crippen LogP contribution is 2.26.